The molecule has 0 fully saturated rings. The van der Waals surface area contributed by atoms with E-state index in [0.717, 1.165) is 24.3 Å². The van der Waals surface area contributed by atoms with Crippen molar-refractivity contribution in [2.45, 2.75) is 12.6 Å². The van der Waals surface area contributed by atoms with E-state index in [1.54, 1.807) is 0 Å². The van der Waals surface area contributed by atoms with Gasteiger partial charge in [0, 0.05) is 18.6 Å². The Labute approximate surface area is 177 Å². The second kappa shape index (κ2) is 8.06. The zero-order chi connectivity index (χ0) is 22.2. The van der Waals surface area contributed by atoms with Gasteiger partial charge in [-0.25, -0.2) is 9.07 Å². The highest BCUT2D eigenvalue weighted by Gasteiger charge is 2.42. The Hall–Kier alpha value is -3.34. The largest absolute Gasteiger partial charge is 0.490 e. The number of alkyl halides is 3. The molecule has 2 aromatic carbocycles. The van der Waals surface area contributed by atoms with Crippen molar-refractivity contribution >= 4 is 23.2 Å². The number of nitrogens with zero attached hydrogens (tertiary/aromatic N) is 3. The lowest BCUT2D eigenvalue weighted by molar-refractivity contribution is -0.143. The Kier molecular flexibility index (Phi) is 5.44. The minimum Gasteiger partial charge on any atom is -0.490 e. The lowest BCUT2D eigenvalue weighted by Gasteiger charge is -2.13. The van der Waals surface area contributed by atoms with Crippen LogP contribution < -0.4 is 14.8 Å². The van der Waals surface area contributed by atoms with E-state index in [2.05, 4.69) is 15.6 Å². The minimum atomic E-state index is -4.97. The molecule has 0 bridgehead atoms. The Morgan fingerprint density at radius 3 is 2.39 bits per heavy atom. The van der Waals surface area contributed by atoms with Crippen molar-refractivity contribution in [3.8, 4) is 17.2 Å². The number of halogens is 5. The highest BCUT2D eigenvalue weighted by molar-refractivity contribution is 6.34. The maximum atomic E-state index is 13.7. The van der Waals surface area contributed by atoms with Gasteiger partial charge in [0.25, 0.3) is 5.91 Å². The zero-order valence-corrected chi connectivity index (χ0v) is 16.3. The average Bonchev–Trinajstić information content (AvgIpc) is 3.05. The molecule has 0 spiro atoms. The number of nitrogens with one attached hydrogen (secondary N) is 1. The van der Waals surface area contributed by atoms with E-state index in [-0.39, 0.29) is 16.4 Å². The smallest absolute Gasteiger partial charge is 0.435 e. The number of carbonyl (C=O) groups excluding carboxylic acids is 1. The predicted molar refractivity (Wildman–Crippen MR) is 101 cm³/mol. The number of anilines is 1. The second-order valence-corrected chi connectivity index (χ2v) is 6.86. The molecule has 31 heavy (non-hydrogen) atoms. The molecule has 0 saturated heterocycles. The third kappa shape index (κ3) is 4.26. The van der Waals surface area contributed by atoms with Gasteiger partial charge < -0.3 is 14.8 Å². The second-order valence-electron chi connectivity index (χ2n) is 6.46. The fourth-order valence-corrected chi connectivity index (χ4v) is 3.11. The van der Waals surface area contributed by atoms with Crippen LogP contribution in [-0.2, 0) is 6.18 Å². The van der Waals surface area contributed by atoms with Gasteiger partial charge in [-0.1, -0.05) is 16.8 Å². The van der Waals surface area contributed by atoms with Crippen molar-refractivity contribution < 1.29 is 31.8 Å². The highest BCUT2D eigenvalue weighted by atomic mass is 35.5. The third-order valence-corrected chi connectivity index (χ3v) is 4.62. The maximum absolute atomic E-state index is 13.7. The van der Waals surface area contributed by atoms with Crippen LogP contribution >= 0.6 is 11.6 Å². The summed E-state index contributed by atoms with van der Waals surface area (Å²) in [6, 6.07) is 6.86. The summed E-state index contributed by atoms with van der Waals surface area (Å²) in [5.74, 6) is -1.17. The van der Waals surface area contributed by atoms with Crippen molar-refractivity contribution in [1.29, 1.82) is 0 Å². The molecule has 0 unspecified atom stereocenters. The first-order chi connectivity index (χ1) is 14.7. The summed E-state index contributed by atoms with van der Waals surface area (Å²) < 4.78 is 65.7. The van der Waals surface area contributed by atoms with Gasteiger partial charge in [-0.3, -0.25) is 4.79 Å². The number of hydrogen-bond donors (Lipinski definition) is 1. The SMILES string of the molecule is O=C(Nc1cc2c(cc1Cl)OCCCO2)c1nnn(-c2ccc(F)cc2)c1C(F)(F)F. The molecule has 12 heteroatoms. The molecular formula is C19H13ClF4N4O3. The van der Waals surface area contributed by atoms with Crippen LogP contribution in [0, 0.1) is 5.82 Å². The van der Waals surface area contributed by atoms with Crippen LogP contribution in [0.1, 0.15) is 22.6 Å². The number of hydrogen-bond acceptors (Lipinski definition) is 5. The van der Waals surface area contributed by atoms with Crippen molar-refractivity contribution in [3.63, 3.8) is 0 Å². The summed E-state index contributed by atoms with van der Waals surface area (Å²) in [6.45, 7) is 0.780. The number of amides is 1. The summed E-state index contributed by atoms with van der Waals surface area (Å²) in [5.41, 5.74) is -2.49. The average molecular weight is 457 g/mol. The summed E-state index contributed by atoms with van der Waals surface area (Å²) >= 11 is 6.14. The zero-order valence-electron chi connectivity index (χ0n) is 15.5. The van der Waals surface area contributed by atoms with E-state index in [1.165, 1.54) is 12.1 Å². The topological polar surface area (TPSA) is 78.3 Å². The van der Waals surface area contributed by atoms with Gasteiger partial charge >= 0.3 is 6.18 Å². The summed E-state index contributed by atoms with van der Waals surface area (Å²) in [7, 11) is 0. The standard InChI is InChI=1S/C19H13ClF4N4O3/c20-12-8-14-15(31-7-1-6-30-14)9-13(12)25-18(29)16-17(19(22,23)24)28(27-26-16)11-4-2-10(21)3-5-11/h2-5,8-9H,1,6-7H2,(H,25,29). The van der Waals surface area contributed by atoms with Gasteiger partial charge in [-0.2, -0.15) is 13.2 Å². The van der Waals surface area contributed by atoms with Crippen LogP contribution in [0.2, 0.25) is 5.02 Å². The van der Waals surface area contributed by atoms with Gasteiger partial charge in [-0.15, -0.1) is 5.10 Å². The van der Waals surface area contributed by atoms with Crippen LogP contribution in [0.5, 0.6) is 11.5 Å². The lowest BCUT2D eigenvalue weighted by Crippen LogP contribution is -2.21. The first-order valence-corrected chi connectivity index (χ1v) is 9.31. The van der Waals surface area contributed by atoms with Crippen molar-refractivity contribution in [2.24, 2.45) is 0 Å². The van der Waals surface area contributed by atoms with Gasteiger partial charge in [0.05, 0.1) is 29.6 Å². The van der Waals surface area contributed by atoms with Crippen LogP contribution in [0.25, 0.3) is 5.69 Å². The third-order valence-electron chi connectivity index (χ3n) is 4.31. The maximum Gasteiger partial charge on any atom is 0.435 e. The van der Waals surface area contributed by atoms with Crippen LogP contribution in [0.15, 0.2) is 36.4 Å². The molecule has 1 amide bonds. The van der Waals surface area contributed by atoms with E-state index in [1.807, 2.05) is 0 Å². The molecular weight excluding hydrogens is 444 g/mol. The number of benzene rings is 2. The van der Waals surface area contributed by atoms with E-state index in [9.17, 15) is 22.4 Å². The summed E-state index contributed by atoms with van der Waals surface area (Å²) in [6.07, 6.45) is -4.34. The molecule has 0 saturated carbocycles. The van der Waals surface area contributed by atoms with E-state index >= 15 is 0 Å². The molecule has 1 N–H and O–H groups in total. The number of carbonyl (C=O) groups is 1. The van der Waals surface area contributed by atoms with Crippen LogP contribution in [0.4, 0.5) is 23.2 Å². The monoisotopic (exact) mass is 456 g/mol. The van der Waals surface area contributed by atoms with E-state index in [4.69, 9.17) is 21.1 Å². The molecule has 162 valence electrons. The van der Waals surface area contributed by atoms with Crippen molar-refractivity contribution in [3.05, 3.63) is 58.6 Å². The molecule has 0 radical (unpaired) electrons. The molecule has 1 aliphatic rings. The first-order valence-electron chi connectivity index (χ1n) is 8.93. The highest BCUT2D eigenvalue weighted by Crippen LogP contribution is 2.38. The summed E-state index contributed by atoms with van der Waals surface area (Å²) in [5, 5.41) is 9.17. The fourth-order valence-electron chi connectivity index (χ4n) is 2.91. The molecule has 2 heterocycles. The van der Waals surface area contributed by atoms with Crippen LogP contribution in [0.3, 0.4) is 0 Å². The van der Waals surface area contributed by atoms with Gasteiger partial charge in [0.2, 0.25) is 0 Å². The number of ether oxygens (including phenoxy) is 2. The molecule has 0 aliphatic carbocycles. The molecule has 0 atom stereocenters. The molecule has 7 nitrogen and oxygen atoms in total. The van der Waals surface area contributed by atoms with E-state index < -0.39 is 29.3 Å². The Bertz CT molecular complexity index is 1130. The van der Waals surface area contributed by atoms with Crippen LogP contribution in [-0.4, -0.2) is 34.1 Å². The number of rotatable bonds is 3. The Morgan fingerprint density at radius 1 is 1.10 bits per heavy atom. The van der Waals surface area contributed by atoms with E-state index in [0.29, 0.717) is 35.8 Å². The first kappa shape index (κ1) is 20.9. The number of aromatic nitrogens is 3. The number of fused-ring (bicyclic) bond motifs is 1. The van der Waals surface area contributed by atoms with Gasteiger partial charge in [0.15, 0.2) is 22.9 Å². The predicted octanol–water partition coefficient (Wildman–Crippen LogP) is 4.49. The molecule has 3 aromatic rings. The lowest BCUT2D eigenvalue weighted by atomic mass is 10.2. The summed E-state index contributed by atoms with van der Waals surface area (Å²) in [4.78, 5) is 12.7. The fraction of sp³-hybridized carbons (Fsp3) is 0.211. The molecule has 4 rings (SSSR count). The normalized spacial score (nSPS) is 13.6. The Morgan fingerprint density at radius 2 is 1.74 bits per heavy atom. The quantitative estimate of drug-likeness (QED) is 0.587. The minimum absolute atomic E-state index is 0.0142. The van der Waals surface area contributed by atoms with Gasteiger partial charge in [0.1, 0.15) is 5.82 Å². The Balaban J connectivity index is 1.69. The van der Waals surface area contributed by atoms with Gasteiger partial charge in [-0.05, 0) is 24.3 Å². The molecule has 1 aliphatic heterocycles. The van der Waals surface area contributed by atoms with Crippen molar-refractivity contribution in [2.75, 3.05) is 18.5 Å². The molecule has 1 aromatic heterocycles. The van der Waals surface area contributed by atoms with Crippen molar-refractivity contribution in [1.82, 2.24) is 15.0 Å².